The van der Waals surface area contributed by atoms with E-state index in [1.54, 1.807) is 24.4 Å². The highest BCUT2D eigenvalue weighted by molar-refractivity contribution is 6.33. The van der Waals surface area contributed by atoms with E-state index in [2.05, 4.69) is 24.1 Å². The molecule has 1 N–H and O–H groups in total. The van der Waals surface area contributed by atoms with Crippen molar-refractivity contribution in [1.82, 2.24) is 10.3 Å². The Labute approximate surface area is 135 Å². The smallest absolute Gasteiger partial charge is 0.138 e. The van der Waals surface area contributed by atoms with Crippen LogP contribution in [-0.2, 0) is 13.2 Å². The molecule has 112 valence electrons. The van der Waals surface area contributed by atoms with Gasteiger partial charge in [-0.15, -0.1) is 0 Å². The first-order chi connectivity index (χ1) is 10.0. The van der Waals surface area contributed by atoms with Gasteiger partial charge in [-0.2, -0.15) is 0 Å². The second-order valence-electron chi connectivity index (χ2n) is 5.05. The minimum Gasteiger partial charge on any atom is -0.487 e. The van der Waals surface area contributed by atoms with Gasteiger partial charge in [-0.25, -0.2) is 0 Å². The number of ether oxygens (including phenoxy) is 1. The van der Waals surface area contributed by atoms with E-state index in [0.717, 1.165) is 17.8 Å². The van der Waals surface area contributed by atoms with Crippen LogP contribution < -0.4 is 10.1 Å². The van der Waals surface area contributed by atoms with E-state index in [9.17, 15) is 0 Å². The average Bonchev–Trinajstić information content (AvgIpc) is 2.47. The zero-order valence-electron chi connectivity index (χ0n) is 12.1. The van der Waals surface area contributed by atoms with E-state index in [4.69, 9.17) is 27.9 Å². The van der Waals surface area contributed by atoms with Gasteiger partial charge in [0.1, 0.15) is 12.4 Å². The Morgan fingerprint density at radius 3 is 2.67 bits per heavy atom. The lowest BCUT2D eigenvalue weighted by molar-refractivity contribution is 0.305. The number of nitrogens with one attached hydrogen (secondary N) is 1. The summed E-state index contributed by atoms with van der Waals surface area (Å²) < 4.78 is 5.68. The predicted molar refractivity (Wildman–Crippen MR) is 87.0 cm³/mol. The first-order valence-corrected chi connectivity index (χ1v) is 7.55. The molecule has 0 bridgehead atoms. The van der Waals surface area contributed by atoms with Gasteiger partial charge in [0, 0.05) is 28.2 Å². The average molecular weight is 325 g/mol. The highest BCUT2D eigenvalue weighted by Crippen LogP contribution is 2.22. The number of aromatic nitrogens is 1. The Bertz CT molecular complexity index is 585. The summed E-state index contributed by atoms with van der Waals surface area (Å²) in [6.07, 6.45) is 1.72. The maximum absolute atomic E-state index is 6.10. The molecule has 0 radical (unpaired) electrons. The zero-order valence-corrected chi connectivity index (χ0v) is 13.6. The van der Waals surface area contributed by atoms with E-state index >= 15 is 0 Å². The van der Waals surface area contributed by atoms with Gasteiger partial charge in [-0.1, -0.05) is 37.0 Å². The standard InChI is InChI=1S/C16H18Cl2N2O/c1-11(2)19-8-14-4-5-15(9-20-14)21-10-12-7-13(17)3-6-16(12)18/h3-7,9,11,19H,8,10H2,1-2H3. The highest BCUT2D eigenvalue weighted by Gasteiger charge is 2.03. The Morgan fingerprint density at radius 2 is 2.00 bits per heavy atom. The molecule has 5 heteroatoms. The maximum Gasteiger partial charge on any atom is 0.138 e. The van der Waals surface area contributed by atoms with Gasteiger partial charge in [0.05, 0.1) is 11.9 Å². The number of halogens is 2. The van der Waals surface area contributed by atoms with Crippen LogP contribution in [-0.4, -0.2) is 11.0 Å². The molecule has 21 heavy (non-hydrogen) atoms. The summed E-state index contributed by atoms with van der Waals surface area (Å²) in [5, 5.41) is 4.61. The van der Waals surface area contributed by atoms with Crippen molar-refractivity contribution >= 4 is 23.2 Å². The van der Waals surface area contributed by atoms with Gasteiger partial charge in [-0.3, -0.25) is 4.98 Å². The topological polar surface area (TPSA) is 34.1 Å². The van der Waals surface area contributed by atoms with E-state index in [0.29, 0.717) is 28.4 Å². The third kappa shape index (κ3) is 5.20. The second-order valence-corrected chi connectivity index (χ2v) is 5.89. The largest absolute Gasteiger partial charge is 0.487 e. The Kier molecular flexibility index (Phi) is 5.85. The first-order valence-electron chi connectivity index (χ1n) is 6.79. The second kappa shape index (κ2) is 7.64. The third-order valence-corrected chi connectivity index (χ3v) is 3.49. The maximum atomic E-state index is 6.10. The zero-order chi connectivity index (χ0) is 15.2. The van der Waals surface area contributed by atoms with Gasteiger partial charge >= 0.3 is 0 Å². The van der Waals surface area contributed by atoms with Crippen molar-refractivity contribution in [3.63, 3.8) is 0 Å². The molecule has 1 heterocycles. The lowest BCUT2D eigenvalue weighted by Crippen LogP contribution is -2.22. The number of hydrogen-bond acceptors (Lipinski definition) is 3. The number of nitrogens with zero attached hydrogens (tertiary/aromatic N) is 1. The van der Waals surface area contributed by atoms with Crippen LogP contribution >= 0.6 is 23.2 Å². The summed E-state index contributed by atoms with van der Waals surface area (Å²) in [6.45, 7) is 5.32. The lowest BCUT2D eigenvalue weighted by Gasteiger charge is -2.10. The fourth-order valence-electron chi connectivity index (χ4n) is 1.72. The molecular formula is C16H18Cl2N2O. The van der Waals surface area contributed by atoms with Crippen LogP contribution in [0, 0.1) is 0 Å². The van der Waals surface area contributed by atoms with Crippen LogP contribution in [0.15, 0.2) is 36.5 Å². The van der Waals surface area contributed by atoms with Crippen molar-refractivity contribution < 1.29 is 4.74 Å². The monoisotopic (exact) mass is 324 g/mol. The fourth-order valence-corrected chi connectivity index (χ4v) is 2.09. The molecule has 0 unspecified atom stereocenters. The number of rotatable bonds is 6. The minimum absolute atomic E-state index is 0.366. The summed E-state index contributed by atoms with van der Waals surface area (Å²) in [5.74, 6) is 0.708. The van der Waals surface area contributed by atoms with Crippen molar-refractivity contribution in [2.75, 3.05) is 0 Å². The van der Waals surface area contributed by atoms with Crippen LogP contribution in [0.5, 0.6) is 5.75 Å². The van der Waals surface area contributed by atoms with E-state index < -0.39 is 0 Å². The van der Waals surface area contributed by atoms with E-state index in [1.807, 2.05) is 12.1 Å². The van der Waals surface area contributed by atoms with Gasteiger partial charge < -0.3 is 10.1 Å². The molecule has 0 aliphatic carbocycles. The van der Waals surface area contributed by atoms with Crippen molar-refractivity contribution in [3.05, 3.63) is 57.8 Å². The lowest BCUT2D eigenvalue weighted by atomic mass is 10.2. The molecule has 2 rings (SSSR count). The third-order valence-electron chi connectivity index (χ3n) is 2.89. The van der Waals surface area contributed by atoms with Gasteiger partial charge in [-0.05, 0) is 30.3 Å². The van der Waals surface area contributed by atoms with E-state index in [1.165, 1.54) is 0 Å². The molecule has 3 nitrogen and oxygen atoms in total. The molecule has 0 aliphatic rings. The van der Waals surface area contributed by atoms with Crippen LogP contribution in [0.2, 0.25) is 10.0 Å². The van der Waals surface area contributed by atoms with E-state index in [-0.39, 0.29) is 0 Å². The molecule has 1 aromatic heterocycles. The van der Waals surface area contributed by atoms with Crippen LogP contribution in [0.4, 0.5) is 0 Å². The SMILES string of the molecule is CC(C)NCc1ccc(OCc2cc(Cl)ccc2Cl)cn1. The van der Waals surface area contributed by atoms with Crippen molar-refractivity contribution in [1.29, 1.82) is 0 Å². The Balaban J connectivity index is 1.93. The van der Waals surface area contributed by atoms with Crippen molar-refractivity contribution in [2.45, 2.75) is 33.0 Å². The normalized spacial score (nSPS) is 10.9. The molecule has 1 aromatic carbocycles. The molecule has 0 aliphatic heterocycles. The van der Waals surface area contributed by atoms with Gasteiger partial charge in [0.2, 0.25) is 0 Å². The number of pyridine rings is 1. The number of hydrogen-bond donors (Lipinski definition) is 1. The predicted octanol–water partition coefficient (Wildman–Crippen LogP) is 4.47. The molecule has 0 spiro atoms. The van der Waals surface area contributed by atoms with Crippen LogP contribution in [0.1, 0.15) is 25.1 Å². The number of benzene rings is 1. The molecular weight excluding hydrogens is 307 g/mol. The van der Waals surface area contributed by atoms with Gasteiger partial charge in [0.25, 0.3) is 0 Å². The minimum atomic E-state index is 0.366. The Hall–Kier alpha value is -1.29. The summed E-state index contributed by atoms with van der Waals surface area (Å²) >= 11 is 12.0. The van der Waals surface area contributed by atoms with Crippen LogP contribution in [0.3, 0.4) is 0 Å². The highest BCUT2D eigenvalue weighted by atomic mass is 35.5. The summed E-state index contributed by atoms with van der Waals surface area (Å²) in [5.41, 5.74) is 1.84. The van der Waals surface area contributed by atoms with Gasteiger partial charge in [0.15, 0.2) is 0 Å². The molecule has 0 atom stereocenters. The van der Waals surface area contributed by atoms with Crippen LogP contribution in [0.25, 0.3) is 0 Å². The molecule has 0 saturated carbocycles. The summed E-state index contributed by atoms with van der Waals surface area (Å²) in [6, 6.07) is 9.62. The fraction of sp³-hybridized carbons (Fsp3) is 0.312. The Morgan fingerprint density at radius 1 is 1.19 bits per heavy atom. The quantitative estimate of drug-likeness (QED) is 0.851. The molecule has 0 saturated heterocycles. The first kappa shape index (κ1) is 16.1. The molecule has 2 aromatic rings. The van der Waals surface area contributed by atoms with Crippen molar-refractivity contribution in [3.8, 4) is 5.75 Å². The van der Waals surface area contributed by atoms with Crippen molar-refractivity contribution in [2.24, 2.45) is 0 Å². The summed E-state index contributed by atoms with van der Waals surface area (Å²) in [7, 11) is 0. The molecule has 0 fully saturated rings. The molecule has 0 amide bonds. The summed E-state index contributed by atoms with van der Waals surface area (Å²) in [4.78, 5) is 4.36.